The molecule has 0 spiro atoms. The van der Waals surface area contributed by atoms with Gasteiger partial charge in [-0.25, -0.2) is 4.98 Å². The number of aromatic nitrogens is 2. The molecule has 0 aliphatic carbocycles. The number of halogens is 1. The van der Waals surface area contributed by atoms with Crippen molar-refractivity contribution in [2.75, 3.05) is 20.3 Å². The molecule has 1 heterocycles. The molecule has 0 atom stereocenters. The molecule has 0 unspecified atom stereocenters. The predicted octanol–water partition coefficient (Wildman–Crippen LogP) is 7.86. The largest absolute Gasteiger partial charge is 0.494 e. The summed E-state index contributed by atoms with van der Waals surface area (Å²) in [7, 11) is 1.56. The van der Waals surface area contributed by atoms with E-state index in [4.69, 9.17) is 30.8 Å². The molecule has 0 amide bonds. The van der Waals surface area contributed by atoms with Crippen molar-refractivity contribution in [3.05, 3.63) is 80.6 Å². The second-order valence-corrected chi connectivity index (χ2v) is 11.9. The van der Waals surface area contributed by atoms with E-state index < -0.39 is 0 Å². The van der Waals surface area contributed by atoms with E-state index in [-0.39, 0.29) is 16.9 Å². The molecule has 8 heteroatoms. The minimum atomic E-state index is -0.285. The number of ether oxygens (including phenoxy) is 3. The molecule has 3 aromatic carbocycles. The van der Waals surface area contributed by atoms with Gasteiger partial charge in [0.25, 0.3) is 5.56 Å². The Balaban J connectivity index is 1.96. The maximum atomic E-state index is 13.9. The highest BCUT2D eigenvalue weighted by molar-refractivity contribution is 6.31. The summed E-state index contributed by atoms with van der Waals surface area (Å²) >= 11 is 6.43. The third kappa shape index (κ3) is 6.73. The fraction of sp³-hybridized carbons (Fsp3) is 0.364. The van der Waals surface area contributed by atoms with Crippen LogP contribution in [0.1, 0.15) is 64.2 Å². The Morgan fingerprint density at radius 3 is 2.46 bits per heavy atom. The first-order valence-corrected chi connectivity index (χ1v) is 14.2. The fourth-order valence-electron chi connectivity index (χ4n) is 4.48. The average Bonchev–Trinajstić information content (AvgIpc) is 2.91. The molecule has 1 aromatic heterocycles. The van der Waals surface area contributed by atoms with E-state index in [1.165, 1.54) is 4.68 Å². The lowest BCUT2D eigenvalue weighted by Crippen LogP contribution is -2.21. The Kier molecular flexibility index (Phi) is 9.08. The molecule has 0 saturated carbocycles. The van der Waals surface area contributed by atoms with Crippen LogP contribution in [0.2, 0.25) is 5.02 Å². The standard InChI is InChI=1S/C33H38ClN3O4/c1-9-40-28-14-21(4)26(17-25(28)20(2)3)31-36-27-13-11-10-12-24(27)32(38)37(31)35-18-22-15-23(34)16-29(39-8)30(22)41-19-33(5,6)7/h10-18,20H,9,19H2,1-8H3. The number of hydrogen-bond donors (Lipinski definition) is 0. The number of rotatable bonds is 9. The van der Waals surface area contributed by atoms with Crippen LogP contribution in [0, 0.1) is 12.3 Å². The number of aryl methyl sites for hydroxylation is 1. The summed E-state index contributed by atoms with van der Waals surface area (Å²) in [6, 6.07) is 14.8. The maximum Gasteiger partial charge on any atom is 0.282 e. The number of para-hydroxylation sites is 1. The summed E-state index contributed by atoms with van der Waals surface area (Å²) in [4.78, 5) is 18.8. The number of benzene rings is 3. The lowest BCUT2D eigenvalue weighted by molar-refractivity contribution is 0.191. The lowest BCUT2D eigenvalue weighted by atomic mass is 9.96. The first-order chi connectivity index (χ1) is 19.4. The number of hydrogen-bond acceptors (Lipinski definition) is 6. The van der Waals surface area contributed by atoms with Crippen LogP contribution >= 0.6 is 11.6 Å². The third-order valence-electron chi connectivity index (χ3n) is 6.50. The minimum Gasteiger partial charge on any atom is -0.494 e. The van der Waals surface area contributed by atoms with Crippen LogP contribution in [-0.4, -0.2) is 36.2 Å². The normalized spacial score (nSPS) is 12.0. The number of methoxy groups -OCH3 is 1. The molecule has 0 bridgehead atoms. The van der Waals surface area contributed by atoms with E-state index in [9.17, 15) is 4.79 Å². The highest BCUT2D eigenvalue weighted by atomic mass is 35.5. The summed E-state index contributed by atoms with van der Waals surface area (Å²) in [5.41, 5.74) is 3.54. The van der Waals surface area contributed by atoms with Gasteiger partial charge in [-0.1, -0.05) is 58.4 Å². The van der Waals surface area contributed by atoms with Crippen LogP contribution in [-0.2, 0) is 0 Å². The topological polar surface area (TPSA) is 74.9 Å². The molecule has 4 rings (SSSR count). The van der Waals surface area contributed by atoms with Gasteiger partial charge in [-0.2, -0.15) is 9.78 Å². The second kappa shape index (κ2) is 12.4. The third-order valence-corrected chi connectivity index (χ3v) is 6.72. The van der Waals surface area contributed by atoms with Gasteiger partial charge in [0.2, 0.25) is 0 Å². The average molecular weight is 576 g/mol. The molecule has 216 valence electrons. The molecule has 0 N–H and O–H groups in total. The van der Waals surface area contributed by atoms with E-state index in [1.807, 2.05) is 44.2 Å². The predicted molar refractivity (Wildman–Crippen MR) is 167 cm³/mol. The zero-order chi connectivity index (χ0) is 29.9. The molecule has 0 saturated heterocycles. The van der Waals surface area contributed by atoms with Crippen molar-refractivity contribution >= 4 is 28.7 Å². The Morgan fingerprint density at radius 1 is 1.07 bits per heavy atom. The zero-order valence-electron chi connectivity index (χ0n) is 25.0. The first-order valence-electron chi connectivity index (χ1n) is 13.8. The molecule has 0 radical (unpaired) electrons. The fourth-order valence-corrected chi connectivity index (χ4v) is 4.69. The van der Waals surface area contributed by atoms with Gasteiger partial charge in [-0.05, 0) is 66.6 Å². The van der Waals surface area contributed by atoms with E-state index >= 15 is 0 Å². The van der Waals surface area contributed by atoms with Gasteiger partial charge in [0.15, 0.2) is 17.3 Å². The van der Waals surface area contributed by atoms with Gasteiger partial charge in [0.05, 0.1) is 37.4 Å². The Morgan fingerprint density at radius 2 is 1.80 bits per heavy atom. The summed E-state index contributed by atoms with van der Waals surface area (Å²) in [6.45, 7) is 15.4. The summed E-state index contributed by atoms with van der Waals surface area (Å²) in [6.07, 6.45) is 1.57. The Hall–Kier alpha value is -3.84. The van der Waals surface area contributed by atoms with Crippen molar-refractivity contribution in [3.63, 3.8) is 0 Å². The van der Waals surface area contributed by atoms with E-state index in [1.54, 1.807) is 31.5 Å². The number of fused-ring (bicyclic) bond motifs is 1. The molecular weight excluding hydrogens is 538 g/mol. The van der Waals surface area contributed by atoms with Gasteiger partial charge < -0.3 is 14.2 Å². The molecular formula is C33H38ClN3O4. The molecule has 0 aliphatic rings. The van der Waals surface area contributed by atoms with E-state index in [2.05, 4.69) is 39.7 Å². The highest BCUT2D eigenvalue weighted by Gasteiger charge is 2.20. The van der Waals surface area contributed by atoms with E-state index in [0.717, 1.165) is 22.4 Å². The van der Waals surface area contributed by atoms with Gasteiger partial charge in [0.1, 0.15) is 5.75 Å². The van der Waals surface area contributed by atoms with Crippen LogP contribution in [0.5, 0.6) is 17.2 Å². The minimum absolute atomic E-state index is 0.0925. The van der Waals surface area contributed by atoms with Gasteiger partial charge in [-0.3, -0.25) is 4.79 Å². The van der Waals surface area contributed by atoms with Crippen molar-refractivity contribution < 1.29 is 14.2 Å². The zero-order valence-corrected chi connectivity index (χ0v) is 25.8. The Bertz CT molecular complexity index is 1650. The van der Waals surface area contributed by atoms with E-state index in [0.29, 0.717) is 52.0 Å². The summed E-state index contributed by atoms with van der Waals surface area (Å²) in [5.74, 6) is 2.43. The van der Waals surface area contributed by atoms with Crippen LogP contribution < -0.4 is 19.8 Å². The van der Waals surface area contributed by atoms with Crippen LogP contribution in [0.25, 0.3) is 22.3 Å². The van der Waals surface area contributed by atoms with Crippen molar-refractivity contribution in [3.8, 4) is 28.6 Å². The van der Waals surface area contributed by atoms with Crippen LogP contribution in [0.4, 0.5) is 0 Å². The van der Waals surface area contributed by atoms with Crippen LogP contribution in [0.3, 0.4) is 0 Å². The van der Waals surface area contributed by atoms with Gasteiger partial charge in [-0.15, -0.1) is 0 Å². The van der Waals surface area contributed by atoms with Crippen LogP contribution in [0.15, 0.2) is 58.4 Å². The molecule has 4 aromatic rings. The summed E-state index contributed by atoms with van der Waals surface area (Å²) in [5, 5.41) is 5.61. The molecule has 41 heavy (non-hydrogen) atoms. The van der Waals surface area contributed by atoms with Crippen molar-refractivity contribution in [1.82, 2.24) is 9.66 Å². The Labute approximate surface area is 246 Å². The highest BCUT2D eigenvalue weighted by Crippen LogP contribution is 2.36. The second-order valence-electron chi connectivity index (χ2n) is 11.5. The SMILES string of the molecule is CCOc1cc(C)c(-c2nc3ccccc3c(=O)n2N=Cc2cc(Cl)cc(OC)c2OCC(C)(C)C)cc1C(C)C. The molecule has 7 nitrogen and oxygen atoms in total. The van der Waals surface area contributed by atoms with Crippen molar-refractivity contribution in [2.24, 2.45) is 10.5 Å². The smallest absolute Gasteiger partial charge is 0.282 e. The van der Waals surface area contributed by atoms with Gasteiger partial charge in [0, 0.05) is 22.2 Å². The summed E-state index contributed by atoms with van der Waals surface area (Å²) < 4.78 is 19.0. The molecule has 0 fully saturated rings. The maximum absolute atomic E-state index is 13.9. The molecule has 0 aliphatic heterocycles. The lowest BCUT2D eigenvalue weighted by Gasteiger charge is -2.21. The number of nitrogens with zero attached hydrogens (tertiary/aromatic N) is 3. The van der Waals surface area contributed by atoms with Gasteiger partial charge >= 0.3 is 0 Å². The monoisotopic (exact) mass is 575 g/mol. The van der Waals surface area contributed by atoms with Crippen molar-refractivity contribution in [2.45, 2.75) is 54.4 Å². The van der Waals surface area contributed by atoms with Crippen molar-refractivity contribution in [1.29, 1.82) is 0 Å². The quantitative estimate of drug-likeness (QED) is 0.190. The first kappa shape index (κ1) is 30.1.